The molecule has 1 fully saturated rings. The van der Waals surface area contributed by atoms with Crippen LogP contribution in [0, 0.1) is 5.92 Å². The minimum atomic E-state index is -4.35. The van der Waals surface area contributed by atoms with Gasteiger partial charge in [-0.05, 0) is 66.6 Å². The highest BCUT2D eigenvalue weighted by Crippen LogP contribution is 2.47. The number of aromatic nitrogens is 3. The van der Waals surface area contributed by atoms with Crippen molar-refractivity contribution in [1.29, 1.82) is 0 Å². The summed E-state index contributed by atoms with van der Waals surface area (Å²) in [6.07, 6.45) is -0.581. The number of ether oxygens (including phenoxy) is 1. The highest BCUT2D eigenvalue weighted by molar-refractivity contribution is 6.24. The Balaban J connectivity index is 1.31. The van der Waals surface area contributed by atoms with E-state index >= 15 is 0 Å². The van der Waals surface area contributed by atoms with Gasteiger partial charge in [0.25, 0.3) is 0 Å². The van der Waals surface area contributed by atoms with Gasteiger partial charge in [-0.25, -0.2) is 0 Å². The summed E-state index contributed by atoms with van der Waals surface area (Å²) < 4.78 is 46.5. The highest BCUT2D eigenvalue weighted by atomic mass is 35.5. The summed E-state index contributed by atoms with van der Waals surface area (Å²) in [4.78, 5) is -0.517. The molecule has 1 aliphatic heterocycles. The molecule has 0 amide bonds. The summed E-state index contributed by atoms with van der Waals surface area (Å²) in [7, 11) is 0. The number of hydrogen-bond acceptors (Lipinski definition) is 4. The zero-order valence-electron chi connectivity index (χ0n) is 18.1. The van der Waals surface area contributed by atoms with Crippen LogP contribution in [0.1, 0.15) is 48.7 Å². The molecule has 33 heavy (non-hydrogen) atoms. The minimum Gasteiger partial charge on any atom is -0.490 e. The molecule has 2 heterocycles. The molecule has 1 aromatic heterocycles. The molecule has 3 unspecified atom stereocenters. The molecular weight excluding hydrogens is 453 g/mol. The van der Waals surface area contributed by atoms with E-state index in [0.717, 1.165) is 41.2 Å². The van der Waals surface area contributed by atoms with Crippen LogP contribution in [0.4, 0.5) is 13.2 Å². The Hall–Kier alpha value is -2.58. The van der Waals surface area contributed by atoms with Crippen molar-refractivity contribution in [2.45, 2.75) is 56.4 Å². The van der Waals surface area contributed by atoms with E-state index in [4.69, 9.17) is 16.3 Å². The molecule has 174 valence electrons. The van der Waals surface area contributed by atoms with Crippen LogP contribution in [-0.2, 0) is 24.1 Å². The molecule has 5 rings (SSSR count). The highest BCUT2D eigenvalue weighted by Gasteiger charge is 2.40. The minimum absolute atomic E-state index is 0.101. The number of benzene rings is 2. The first-order valence-electron chi connectivity index (χ1n) is 11.0. The van der Waals surface area contributed by atoms with Crippen molar-refractivity contribution in [3.05, 3.63) is 71.3 Å². The lowest BCUT2D eigenvalue weighted by Crippen LogP contribution is -2.38. The van der Waals surface area contributed by atoms with E-state index in [1.54, 1.807) is 6.33 Å². The Morgan fingerprint density at radius 3 is 2.67 bits per heavy atom. The van der Waals surface area contributed by atoms with Gasteiger partial charge in [0, 0.05) is 6.54 Å². The molecule has 0 saturated heterocycles. The Labute approximate surface area is 194 Å². The number of nitrogens with one attached hydrogen (secondary N) is 1. The maximum Gasteiger partial charge on any atom is 0.416 e. The summed E-state index contributed by atoms with van der Waals surface area (Å²) in [6, 6.07) is 11.2. The standard InChI is InChI=1S/C24H24ClF3N4O/c1-15-11-23(25,9-8-21(15)33-19-5-2-17(3-6-19)24(26,27)28)18-4-7-20-16(10-18)12-29-13-22-31-30-14-32(20)22/h2-7,10,14-15,21,29H,8-9,11-13H2,1H3. The third-order valence-electron chi connectivity index (χ3n) is 6.65. The third kappa shape index (κ3) is 4.34. The van der Waals surface area contributed by atoms with Crippen molar-refractivity contribution in [3.8, 4) is 11.4 Å². The second-order valence-corrected chi connectivity index (χ2v) is 9.65. The Kier molecular flexibility index (Phi) is 5.61. The van der Waals surface area contributed by atoms with E-state index in [2.05, 4.69) is 40.6 Å². The SMILES string of the molecule is CC1CC(Cl)(c2ccc3c(c2)CNCc2nncn2-3)CCC1Oc1ccc(C(F)(F)F)cc1. The molecule has 0 spiro atoms. The molecule has 0 radical (unpaired) electrons. The normalized spacial score (nSPS) is 25.1. The predicted molar refractivity (Wildman–Crippen MR) is 118 cm³/mol. The van der Waals surface area contributed by atoms with Crippen LogP contribution in [0.2, 0.25) is 0 Å². The molecule has 1 aliphatic carbocycles. The topological polar surface area (TPSA) is 52.0 Å². The molecule has 3 aromatic rings. The first kappa shape index (κ1) is 22.2. The quantitative estimate of drug-likeness (QED) is 0.501. The van der Waals surface area contributed by atoms with Crippen LogP contribution >= 0.6 is 11.6 Å². The monoisotopic (exact) mass is 476 g/mol. The van der Waals surface area contributed by atoms with E-state index in [1.165, 1.54) is 12.1 Å². The molecule has 9 heteroatoms. The van der Waals surface area contributed by atoms with E-state index in [1.807, 2.05) is 4.57 Å². The van der Waals surface area contributed by atoms with E-state index < -0.39 is 16.6 Å². The first-order chi connectivity index (χ1) is 15.7. The Morgan fingerprint density at radius 1 is 1.15 bits per heavy atom. The van der Waals surface area contributed by atoms with Crippen LogP contribution < -0.4 is 10.1 Å². The Morgan fingerprint density at radius 2 is 1.94 bits per heavy atom. The summed E-state index contributed by atoms with van der Waals surface area (Å²) in [5.74, 6) is 1.46. The number of fused-ring (bicyclic) bond motifs is 3. The van der Waals surface area contributed by atoms with Crippen molar-refractivity contribution in [1.82, 2.24) is 20.1 Å². The van der Waals surface area contributed by atoms with Crippen molar-refractivity contribution in [2.24, 2.45) is 5.92 Å². The lowest BCUT2D eigenvalue weighted by atomic mass is 9.76. The second kappa shape index (κ2) is 8.33. The largest absolute Gasteiger partial charge is 0.490 e. The predicted octanol–water partition coefficient (Wildman–Crippen LogP) is 5.59. The van der Waals surface area contributed by atoms with Crippen LogP contribution in [-0.4, -0.2) is 20.9 Å². The molecule has 2 aliphatic rings. The van der Waals surface area contributed by atoms with Gasteiger partial charge in [0.15, 0.2) is 5.82 Å². The lowest BCUT2D eigenvalue weighted by molar-refractivity contribution is -0.137. The van der Waals surface area contributed by atoms with Crippen LogP contribution in [0.5, 0.6) is 5.75 Å². The zero-order valence-corrected chi connectivity index (χ0v) is 18.8. The average molecular weight is 477 g/mol. The van der Waals surface area contributed by atoms with E-state index in [0.29, 0.717) is 31.7 Å². The van der Waals surface area contributed by atoms with Gasteiger partial charge in [-0.3, -0.25) is 4.57 Å². The number of halogens is 4. The fourth-order valence-electron chi connectivity index (χ4n) is 4.86. The number of hydrogen-bond donors (Lipinski definition) is 1. The molecule has 2 aromatic carbocycles. The van der Waals surface area contributed by atoms with Crippen molar-refractivity contribution >= 4 is 11.6 Å². The van der Waals surface area contributed by atoms with Gasteiger partial charge < -0.3 is 10.1 Å². The van der Waals surface area contributed by atoms with Gasteiger partial charge in [-0.1, -0.05) is 19.1 Å². The molecular formula is C24H24ClF3N4O. The summed E-state index contributed by atoms with van der Waals surface area (Å²) in [5, 5.41) is 11.6. The molecule has 5 nitrogen and oxygen atoms in total. The van der Waals surface area contributed by atoms with E-state index in [9.17, 15) is 13.2 Å². The van der Waals surface area contributed by atoms with Crippen LogP contribution in [0.25, 0.3) is 5.69 Å². The molecule has 1 saturated carbocycles. The second-order valence-electron chi connectivity index (χ2n) is 8.93. The maximum absolute atomic E-state index is 12.8. The number of alkyl halides is 4. The summed E-state index contributed by atoms with van der Waals surface area (Å²) in [5.41, 5.74) is 2.59. The molecule has 0 bridgehead atoms. The lowest BCUT2D eigenvalue weighted by Gasteiger charge is -2.40. The van der Waals surface area contributed by atoms with Gasteiger partial charge in [-0.15, -0.1) is 21.8 Å². The maximum atomic E-state index is 12.8. The fourth-order valence-corrected chi connectivity index (χ4v) is 5.33. The van der Waals surface area contributed by atoms with Crippen LogP contribution in [0.3, 0.4) is 0 Å². The Bertz CT molecular complexity index is 1150. The van der Waals surface area contributed by atoms with Gasteiger partial charge in [0.2, 0.25) is 0 Å². The summed E-state index contributed by atoms with van der Waals surface area (Å²) >= 11 is 7.16. The van der Waals surface area contributed by atoms with Crippen molar-refractivity contribution in [2.75, 3.05) is 0 Å². The zero-order chi connectivity index (χ0) is 23.2. The van der Waals surface area contributed by atoms with Gasteiger partial charge in [-0.2, -0.15) is 13.2 Å². The number of rotatable bonds is 3. The van der Waals surface area contributed by atoms with Gasteiger partial charge in [0.1, 0.15) is 18.2 Å². The van der Waals surface area contributed by atoms with Crippen molar-refractivity contribution in [3.63, 3.8) is 0 Å². The van der Waals surface area contributed by atoms with Crippen molar-refractivity contribution < 1.29 is 17.9 Å². The average Bonchev–Trinajstić information content (AvgIpc) is 3.17. The molecule has 3 atom stereocenters. The van der Waals surface area contributed by atoms with Gasteiger partial charge in [0.05, 0.1) is 22.7 Å². The fraction of sp³-hybridized carbons (Fsp3) is 0.417. The third-order valence-corrected chi connectivity index (χ3v) is 7.21. The van der Waals surface area contributed by atoms with Gasteiger partial charge >= 0.3 is 6.18 Å². The smallest absolute Gasteiger partial charge is 0.416 e. The summed E-state index contributed by atoms with van der Waals surface area (Å²) in [6.45, 7) is 3.45. The molecule has 1 N–H and O–H groups in total. The van der Waals surface area contributed by atoms with E-state index in [-0.39, 0.29) is 12.0 Å². The van der Waals surface area contributed by atoms with Crippen LogP contribution in [0.15, 0.2) is 48.8 Å². The number of nitrogens with zero attached hydrogens (tertiary/aromatic N) is 3. The first-order valence-corrected chi connectivity index (χ1v) is 11.4.